The first-order valence-electron chi connectivity index (χ1n) is 8.67. The molecule has 2 aromatic heterocycles. The zero-order chi connectivity index (χ0) is 19.0. The molecule has 0 unspecified atom stereocenters. The van der Waals surface area contributed by atoms with Crippen LogP contribution in [0, 0.1) is 13.8 Å². The van der Waals surface area contributed by atoms with Gasteiger partial charge in [0.05, 0.1) is 25.6 Å². The molecule has 0 N–H and O–H groups in total. The van der Waals surface area contributed by atoms with Gasteiger partial charge >= 0.3 is 0 Å². The molecular weight excluding hydrogens is 356 g/mol. The third kappa shape index (κ3) is 3.15. The molecule has 0 spiro atoms. The van der Waals surface area contributed by atoms with Crippen molar-refractivity contribution in [1.82, 2.24) is 9.97 Å². The zero-order valence-corrected chi connectivity index (χ0v) is 16.6. The highest BCUT2D eigenvalue weighted by atomic mass is 32.1. The summed E-state index contributed by atoms with van der Waals surface area (Å²) in [5.41, 5.74) is 5.56. The van der Waals surface area contributed by atoms with E-state index in [1.54, 1.807) is 25.6 Å². The maximum Gasteiger partial charge on any atom is 0.119 e. The van der Waals surface area contributed by atoms with Gasteiger partial charge in [0.15, 0.2) is 0 Å². The second-order valence-corrected chi connectivity index (χ2v) is 7.73. The lowest BCUT2D eigenvalue weighted by molar-refractivity contribution is 0.415. The van der Waals surface area contributed by atoms with Crippen LogP contribution in [0.25, 0.3) is 33.5 Å². The van der Waals surface area contributed by atoms with Gasteiger partial charge in [-0.3, -0.25) is 0 Å². The van der Waals surface area contributed by atoms with Gasteiger partial charge in [-0.15, -0.1) is 11.3 Å². The largest absolute Gasteiger partial charge is 0.497 e. The van der Waals surface area contributed by atoms with Crippen LogP contribution in [0.5, 0.6) is 11.5 Å². The number of hydrogen-bond acceptors (Lipinski definition) is 5. The summed E-state index contributed by atoms with van der Waals surface area (Å²) in [6.45, 7) is 4.19. The van der Waals surface area contributed by atoms with Gasteiger partial charge in [-0.25, -0.2) is 9.97 Å². The van der Waals surface area contributed by atoms with Crippen LogP contribution in [-0.4, -0.2) is 24.2 Å². The number of aromatic nitrogens is 2. The highest BCUT2D eigenvalue weighted by Crippen LogP contribution is 2.37. The Morgan fingerprint density at radius 1 is 0.704 bits per heavy atom. The van der Waals surface area contributed by atoms with Crippen molar-refractivity contribution < 1.29 is 9.47 Å². The SMILES string of the molecule is COc1cccc(-c2nc3c(C)sc(C)c3nc2-c2cccc(OC)c2)c1. The molecule has 5 heteroatoms. The molecule has 4 nitrogen and oxygen atoms in total. The molecule has 0 amide bonds. The quantitative estimate of drug-likeness (QED) is 0.461. The van der Waals surface area contributed by atoms with Crippen LogP contribution in [0.15, 0.2) is 48.5 Å². The predicted molar refractivity (Wildman–Crippen MR) is 111 cm³/mol. The number of benzene rings is 2. The molecule has 0 aliphatic heterocycles. The Hall–Kier alpha value is -2.92. The molecule has 0 saturated carbocycles. The zero-order valence-electron chi connectivity index (χ0n) is 15.7. The molecule has 0 fully saturated rings. The molecule has 0 aliphatic carbocycles. The van der Waals surface area contributed by atoms with E-state index in [2.05, 4.69) is 13.8 Å². The Morgan fingerprint density at radius 2 is 1.15 bits per heavy atom. The number of aryl methyl sites for hydroxylation is 2. The minimum Gasteiger partial charge on any atom is -0.497 e. The van der Waals surface area contributed by atoms with Gasteiger partial charge < -0.3 is 9.47 Å². The Labute approximate surface area is 162 Å². The fourth-order valence-electron chi connectivity index (χ4n) is 3.20. The summed E-state index contributed by atoms with van der Waals surface area (Å²) >= 11 is 1.73. The molecule has 4 rings (SSSR count). The predicted octanol–water partition coefficient (Wildman–Crippen LogP) is 5.66. The summed E-state index contributed by atoms with van der Waals surface area (Å²) in [7, 11) is 3.34. The van der Waals surface area contributed by atoms with Crippen LogP contribution >= 0.6 is 11.3 Å². The Kier molecular flexibility index (Phi) is 4.54. The normalized spacial score (nSPS) is 11.0. The van der Waals surface area contributed by atoms with Gasteiger partial charge in [0, 0.05) is 20.9 Å². The van der Waals surface area contributed by atoms with Crippen molar-refractivity contribution in [3.63, 3.8) is 0 Å². The molecule has 27 heavy (non-hydrogen) atoms. The van der Waals surface area contributed by atoms with Crippen LogP contribution in [0.3, 0.4) is 0 Å². The second-order valence-electron chi connectivity index (χ2n) is 6.30. The van der Waals surface area contributed by atoms with Crippen molar-refractivity contribution in [3.05, 3.63) is 58.3 Å². The molecule has 0 saturated heterocycles. The summed E-state index contributed by atoms with van der Waals surface area (Å²) in [5, 5.41) is 0. The highest BCUT2D eigenvalue weighted by molar-refractivity contribution is 7.13. The van der Waals surface area contributed by atoms with Gasteiger partial charge in [0.25, 0.3) is 0 Å². The van der Waals surface area contributed by atoms with Gasteiger partial charge in [0.1, 0.15) is 22.5 Å². The van der Waals surface area contributed by atoms with E-state index in [9.17, 15) is 0 Å². The third-order valence-electron chi connectivity index (χ3n) is 4.56. The van der Waals surface area contributed by atoms with Crippen molar-refractivity contribution in [3.8, 4) is 34.0 Å². The first-order valence-corrected chi connectivity index (χ1v) is 9.49. The van der Waals surface area contributed by atoms with Gasteiger partial charge in [0.2, 0.25) is 0 Å². The molecule has 0 bridgehead atoms. The van der Waals surface area contributed by atoms with Crippen LogP contribution in [0.2, 0.25) is 0 Å². The first-order chi connectivity index (χ1) is 13.1. The van der Waals surface area contributed by atoms with Gasteiger partial charge in [-0.05, 0) is 38.1 Å². The number of hydrogen-bond donors (Lipinski definition) is 0. The average molecular weight is 376 g/mol. The maximum absolute atomic E-state index is 5.41. The van der Waals surface area contributed by atoms with Gasteiger partial charge in [-0.1, -0.05) is 24.3 Å². The Bertz CT molecular complexity index is 1050. The number of fused-ring (bicyclic) bond motifs is 1. The van der Waals surface area contributed by atoms with E-state index in [1.807, 2.05) is 48.5 Å². The number of thiophene rings is 1. The summed E-state index contributed by atoms with van der Waals surface area (Å²) < 4.78 is 10.8. The topological polar surface area (TPSA) is 44.2 Å². The fraction of sp³-hybridized carbons (Fsp3) is 0.182. The van der Waals surface area contributed by atoms with Crippen LogP contribution in [0.1, 0.15) is 9.75 Å². The molecule has 2 heterocycles. The van der Waals surface area contributed by atoms with Crippen LogP contribution < -0.4 is 9.47 Å². The Morgan fingerprint density at radius 3 is 1.56 bits per heavy atom. The van der Waals surface area contributed by atoms with E-state index in [0.717, 1.165) is 45.0 Å². The van der Waals surface area contributed by atoms with Crippen molar-refractivity contribution in [2.45, 2.75) is 13.8 Å². The monoisotopic (exact) mass is 376 g/mol. The molecule has 2 aromatic carbocycles. The van der Waals surface area contributed by atoms with E-state index < -0.39 is 0 Å². The molecule has 0 aliphatic rings. The van der Waals surface area contributed by atoms with E-state index in [1.165, 1.54) is 9.75 Å². The van der Waals surface area contributed by atoms with Crippen LogP contribution in [-0.2, 0) is 0 Å². The molecule has 4 aromatic rings. The number of nitrogens with zero attached hydrogens (tertiary/aromatic N) is 2. The maximum atomic E-state index is 5.41. The van der Waals surface area contributed by atoms with Crippen molar-refractivity contribution >= 4 is 22.4 Å². The van der Waals surface area contributed by atoms with E-state index in [0.29, 0.717) is 0 Å². The molecular formula is C22H20N2O2S. The van der Waals surface area contributed by atoms with Crippen molar-refractivity contribution in [2.24, 2.45) is 0 Å². The van der Waals surface area contributed by atoms with Gasteiger partial charge in [-0.2, -0.15) is 0 Å². The fourth-order valence-corrected chi connectivity index (χ4v) is 4.13. The van der Waals surface area contributed by atoms with Crippen LogP contribution in [0.4, 0.5) is 0 Å². The lowest BCUT2D eigenvalue weighted by atomic mass is 10.0. The van der Waals surface area contributed by atoms with Crippen molar-refractivity contribution in [2.75, 3.05) is 14.2 Å². The molecule has 136 valence electrons. The van der Waals surface area contributed by atoms with E-state index in [-0.39, 0.29) is 0 Å². The summed E-state index contributed by atoms with van der Waals surface area (Å²) in [5.74, 6) is 1.59. The second kappa shape index (κ2) is 7.00. The molecule has 0 radical (unpaired) electrons. The third-order valence-corrected chi connectivity index (χ3v) is 5.55. The lowest BCUT2D eigenvalue weighted by Gasteiger charge is -2.11. The summed E-state index contributed by atoms with van der Waals surface area (Å²) in [6.07, 6.45) is 0. The highest BCUT2D eigenvalue weighted by Gasteiger charge is 2.17. The average Bonchev–Trinajstić information content (AvgIpc) is 3.00. The number of rotatable bonds is 4. The first kappa shape index (κ1) is 17.5. The summed E-state index contributed by atoms with van der Waals surface area (Å²) in [4.78, 5) is 12.4. The minimum atomic E-state index is 0.796. The minimum absolute atomic E-state index is 0.796. The van der Waals surface area contributed by atoms with Crippen molar-refractivity contribution in [1.29, 1.82) is 0 Å². The standard InChI is InChI=1S/C22H20N2O2S/c1-13-19-20(14(2)27-13)24-22(16-8-6-10-18(12-16)26-4)21(23-19)15-7-5-9-17(11-15)25-3/h5-12H,1-4H3. The number of methoxy groups -OCH3 is 2. The number of ether oxygens (including phenoxy) is 2. The lowest BCUT2D eigenvalue weighted by Crippen LogP contribution is -1.96. The van der Waals surface area contributed by atoms with E-state index in [4.69, 9.17) is 19.4 Å². The summed E-state index contributed by atoms with van der Waals surface area (Å²) in [6, 6.07) is 15.9. The molecule has 0 atom stereocenters. The van der Waals surface area contributed by atoms with E-state index >= 15 is 0 Å². The Balaban J connectivity index is 2.03. The smallest absolute Gasteiger partial charge is 0.119 e.